The molecule has 0 amide bonds. The number of rotatable bonds is 3. The number of allylic oxidation sites excluding steroid dienone is 1. The van der Waals surface area contributed by atoms with E-state index in [2.05, 4.69) is 42.7 Å². The highest BCUT2D eigenvalue weighted by Gasteiger charge is 2.37. The first-order valence-electron chi connectivity index (χ1n) is 11.0. The minimum absolute atomic E-state index is 0.0636. The highest BCUT2D eigenvalue weighted by molar-refractivity contribution is 7.10. The van der Waals surface area contributed by atoms with E-state index in [-0.39, 0.29) is 22.3 Å². The molecule has 0 radical (unpaired) electrons. The third-order valence-corrected chi connectivity index (χ3v) is 7.76. The van der Waals surface area contributed by atoms with Gasteiger partial charge in [-0.3, -0.25) is 14.9 Å². The average molecular weight is 460 g/mol. The first-order chi connectivity index (χ1) is 15.8. The van der Waals surface area contributed by atoms with Crippen LogP contribution in [0.1, 0.15) is 51.9 Å². The van der Waals surface area contributed by atoms with Crippen LogP contribution in [-0.4, -0.2) is 10.7 Å². The molecule has 6 nitrogen and oxygen atoms in total. The van der Waals surface area contributed by atoms with E-state index in [4.69, 9.17) is 0 Å². The Morgan fingerprint density at radius 2 is 1.76 bits per heavy atom. The zero-order valence-corrected chi connectivity index (χ0v) is 19.6. The van der Waals surface area contributed by atoms with Gasteiger partial charge >= 0.3 is 0 Å². The fourth-order valence-corrected chi connectivity index (χ4v) is 5.62. The lowest BCUT2D eigenvalue weighted by Gasteiger charge is -2.29. The number of aryl methyl sites for hydroxylation is 3. The van der Waals surface area contributed by atoms with E-state index in [1.54, 1.807) is 30.4 Å². The Kier molecular flexibility index (Phi) is 5.29. The molecule has 168 valence electrons. The van der Waals surface area contributed by atoms with Crippen molar-refractivity contribution in [1.29, 1.82) is 0 Å². The maximum atomic E-state index is 13.6. The summed E-state index contributed by atoms with van der Waals surface area (Å²) in [5.41, 5.74) is 7.06. The van der Waals surface area contributed by atoms with Crippen molar-refractivity contribution in [2.24, 2.45) is 0 Å². The summed E-state index contributed by atoms with van der Waals surface area (Å²) in [6.07, 6.45) is 1.15. The largest absolute Gasteiger partial charge is 0.372 e. The Balaban J connectivity index is 1.67. The Hall–Kier alpha value is -3.45. The van der Waals surface area contributed by atoms with Crippen LogP contribution in [0.2, 0.25) is 0 Å². The van der Waals surface area contributed by atoms with E-state index >= 15 is 0 Å². The third-order valence-electron chi connectivity index (χ3n) is 6.72. The molecule has 1 aliphatic heterocycles. The van der Waals surface area contributed by atoms with Crippen LogP contribution in [0.15, 0.2) is 59.1 Å². The summed E-state index contributed by atoms with van der Waals surface area (Å²) >= 11 is 1.68. The molecule has 33 heavy (non-hydrogen) atoms. The van der Waals surface area contributed by atoms with Gasteiger partial charge < -0.3 is 10.6 Å². The number of carbonyl (C=O) groups excluding carboxylic acids is 1. The summed E-state index contributed by atoms with van der Waals surface area (Å²) in [6.45, 7) is 5.85. The number of Topliss-reactive ketones (excluding diaryl/α,β-unsaturated/α-hetero) is 1. The maximum Gasteiger partial charge on any atom is 0.272 e. The quantitative estimate of drug-likeness (QED) is 0.342. The number of nitro groups is 1. The van der Waals surface area contributed by atoms with E-state index in [0.717, 1.165) is 40.2 Å². The van der Waals surface area contributed by atoms with Gasteiger partial charge in [-0.25, -0.2) is 0 Å². The van der Waals surface area contributed by atoms with E-state index in [0.29, 0.717) is 17.6 Å². The Bertz CT molecular complexity index is 1310. The van der Waals surface area contributed by atoms with E-state index in [1.807, 2.05) is 17.5 Å². The second-order valence-corrected chi connectivity index (χ2v) is 9.90. The van der Waals surface area contributed by atoms with Gasteiger partial charge in [-0.1, -0.05) is 18.2 Å². The van der Waals surface area contributed by atoms with Gasteiger partial charge in [0.25, 0.3) is 5.69 Å². The summed E-state index contributed by atoms with van der Waals surface area (Å²) in [5, 5.41) is 20.8. The fraction of sp³-hybridized carbons (Fsp3) is 0.269. The number of carbonyl (C=O) groups is 1. The lowest BCUT2D eigenvalue weighted by atomic mass is 9.80. The molecular formula is C26H25N3O3S. The average Bonchev–Trinajstić information content (AvgIpc) is 3.26. The number of nitrogens with zero attached hydrogens (tertiary/aromatic N) is 1. The molecule has 0 saturated heterocycles. The first-order valence-corrected chi connectivity index (χ1v) is 11.9. The molecule has 1 aliphatic carbocycles. The Morgan fingerprint density at radius 1 is 1.00 bits per heavy atom. The minimum atomic E-state index is -0.466. The van der Waals surface area contributed by atoms with Crippen molar-refractivity contribution in [3.8, 4) is 0 Å². The van der Waals surface area contributed by atoms with Crippen molar-refractivity contribution in [3.05, 3.63) is 96.4 Å². The minimum Gasteiger partial charge on any atom is -0.372 e. The third kappa shape index (κ3) is 3.82. The Labute approximate surface area is 196 Å². The van der Waals surface area contributed by atoms with Crippen LogP contribution in [0, 0.1) is 30.9 Å². The molecule has 2 atom stereocenters. The zero-order valence-electron chi connectivity index (χ0n) is 18.8. The van der Waals surface area contributed by atoms with E-state index in [1.165, 1.54) is 4.88 Å². The number of hydrogen-bond donors (Lipinski definition) is 2. The number of fused-ring (bicyclic) bond motifs is 1. The molecule has 0 saturated carbocycles. The molecule has 0 fully saturated rings. The van der Waals surface area contributed by atoms with Gasteiger partial charge in [0.15, 0.2) is 5.78 Å². The van der Waals surface area contributed by atoms with Crippen molar-refractivity contribution >= 4 is 34.2 Å². The molecule has 7 heteroatoms. The van der Waals surface area contributed by atoms with Gasteiger partial charge in [0.05, 0.1) is 22.3 Å². The number of benzene rings is 2. The molecule has 3 aromatic rings. The van der Waals surface area contributed by atoms with E-state index < -0.39 is 6.04 Å². The van der Waals surface area contributed by atoms with Crippen LogP contribution in [0.5, 0.6) is 0 Å². The molecule has 2 aromatic carbocycles. The lowest BCUT2D eigenvalue weighted by molar-refractivity contribution is -0.385. The summed E-state index contributed by atoms with van der Waals surface area (Å²) in [4.78, 5) is 26.0. The van der Waals surface area contributed by atoms with Gasteiger partial charge in [-0.2, -0.15) is 0 Å². The van der Waals surface area contributed by atoms with Gasteiger partial charge in [-0.05, 0) is 67.5 Å². The molecular weight excluding hydrogens is 434 g/mol. The first kappa shape index (κ1) is 21.4. The molecule has 0 spiro atoms. The monoisotopic (exact) mass is 459 g/mol. The highest BCUT2D eigenvalue weighted by Crippen LogP contribution is 2.45. The molecule has 5 rings (SSSR count). The molecule has 0 unspecified atom stereocenters. The summed E-state index contributed by atoms with van der Waals surface area (Å²) in [5.74, 6) is 0.203. The van der Waals surface area contributed by atoms with Crippen LogP contribution >= 0.6 is 11.3 Å². The summed E-state index contributed by atoms with van der Waals surface area (Å²) < 4.78 is 0. The molecule has 2 heterocycles. The van der Waals surface area contributed by atoms with E-state index in [9.17, 15) is 14.9 Å². The summed E-state index contributed by atoms with van der Waals surface area (Å²) in [6, 6.07) is 13.1. The molecule has 1 aromatic heterocycles. The second kappa shape index (κ2) is 8.15. The maximum absolute atomic E-state index is 13.6. The predicted octanol–water partition coefficient (Wildman–Crippen LogP) is 6.56. The van der Waals surface area contributed by atoms with Gasteiger partial charge in [0.2, 0.25) is 0 Å². The number of nitrogens with one attached hydrogen (secondary N) is 2. The highest BCUT2D eigenvalue weighted by atomic mass is 32.1. The molecule has 2 N–H and O–H groups in total. The zero-order chi connectivity index (χ0) is 23.3. The van der Waals surface area contributed by atoms with Crippen molar-refractivity contribution in [1.82, 2.24) is 0 Å². The number of nitro benzene ring substituents is 1. The normalized spacial score (nSPS) is 19.8. The molecule has 2 aliphatic rings. The smallest absolute Gasteiger partial charge is 0.272 e. The van der Waals surface area contributed by atoms with Crippen LogP contribution < -0.4 is 10.6 Å². The Morgan fingerprint density at radius 3 is 2.45 bits per heavy atom. The van der Waals surface area contributed by atoms with Crippen LogP contribution in [-0.2, 0) is 4.79 Å². The van der Waals surface area contributed by atoms with Crippen molar-refractivity contribution in [2.75, 3.05) is 10.6 Å². The topological polar surface area (TPSA) is 84.3 Å². The van der Waals surface area contributed by atoms with Crippen LogP contribution in [0.3, 0.4) is 0 Å². The number of thiophene rings is 1. The number of ketones is 1. The van der Waals surface area contributed by atoms with Crippen molar-refractivity contribution in [3.63, 3.8) is 0 Å². The van der Waals surface area contributed by atoms with Crippen molar-refractivity contribution in [2.45, 2.75) is 45.6 Å². The second-order valence-electron chi connectivity index (χ2n) is 8.92. The van der Waals surface area contributed by atoms with Crippen molar-refractivity contribution < 1.29 is 9.72 Å². The predicted molar refractivity (Wildman–Crippen MR) is 132 cm³/mol. The SMILES string of the molecule is Cc1cc2c(cc1C)N[C@H](c1ccc(C)c([N+](=O)[O-])c1)C1=C(C[C@@H](c3cccs3)CC1=O)N2. The van der Waals surface area contributed by atoms with Gasteiger partial charge in [0, 0.05) is 40.1 Å². The number of anilines is 2. The lowest BCUT2D eigenvalue weighted by Crippen LogP contribution is -2.26. The number of hydrogen-bond acceptors (Lipinski definition) is 6. The van der Waals surface area contributed by atoms with Crippen LogP contribution in [0.25, 0.3) is 0 Å². The fourth-order valence-electron chi connectivity index (χ4n) is 4.79. The van der Waals surface area contributed by atoms with Gasteiger partial charge in [0.1, 0.15) is 0 Å². The summed E-state index contributed by atoms with van der Waals surface area (Å²) in [7, 11) is 0. The van der Waals surface area contributed by atoms with Crippen LogP contribution in [0.4, 0.5) is 17.1 Å². The standard InChI is InChI=1S/C26H25N3O3S/c1-14-6-7-17(12-22(14)29(31)32)26-25-21(11-18(13-23(25)30)24-5-4-8-33-24)27-19-9-15(2)16(3)10-20(19)28-26/h4-10,12,18,26-28H,11,13H2,1-3H3/t18-,26-/m1/s1. The van der Waals surface area contributed by atoms with Gasteiger partial charge in [-0.15, -0.1) is 11.3 Å². The molecule has 0 bridgehead atoms.